The van der Waals surface area contributed by atoms with E-state index in [1.165, 1.54) is 0 Å². The monoisotopic (exact) mass is 281 g/mol. The predicted octanol–water partition coefficient (Wildman–Crippen LogP) is 2.72. The quantitative estimate of drug-likeness (QED) is 0.886. The molecule has 0 fully saturated rings. The summed E-state index contributed by atoms with van der Waals surface area (Å²) in [5.74, 6) is 0.749. The van der Waals surface area contributed by atoms with Crippen molar-refractivity contribution in [3.8, 4) is 0 Å². The van der Waals surface area contributed by atoms with Crippen LogP contribution in [0, 0.1) is 0 Å². The number of amides is 1. The summed E-state index contributed by atoms with van der Waals surface area (Å²) in [5.41, 5.74) is 3.96. The Morgan fingerprint density at radius 1 is 1.24 bits per heavy atom. The van der Waals surface area contributed by atoms with Crippen molar-refractivity contribution in [3.63, 3.8) is 0 Å². The minimum absolute atomic E-state index is 0.0743. The number of aromatic nitrogens is 1. The van der Waals surface area contributed by atoms with Gasteiger partial charge in [0.05, 0.1) is 0 Å². The highest BCUT2D eigenvalue weighted by Gasteiger charge is 2.07. The van der Waals surface area contributed by atoms with Crippen molar-refractivity contribution < 1.29 is 4.79 Å². The molecular formula is C17H19N3O. The normalized spacial score (nSPS) is 10.0. The fourth-order valence-electron chi connectivity index (χ4n) is 2.23. The van der Waals surface area contributed by atoms with Crippen LogP contribution in [0.15, 0.2) is 43.1 Å². The Morgan fingerprint density at radius 2 is 1.95 bits per heavy atom. The van der Waals surface area contributed by atoms with Gasteiger partial charge in [0.2, 0.25) is 0 Å². The molecule has 0 saturated carbocycles. The van der Waals surface area contributed by atoms with E-state index in [0.717, 1.165) is 28.9 Å². The van der Waals surface area contributed by atoms with E-state index >= 15 is 0 Å². The Balaban J connectivity index is 2.26. The standard InChI is InChI=1S/C17H19N3O/c1-4-15-14(9-10-20-16(15)18-2)11-12-5-7-13(8-6-12)17(21)19-3/h4-10H,1,11H2,2-3H3,(H,18,20)(H,19,21). The van der Waals surface area contributed by atoms with Crippen LogP contribution in [0.1, 0.15) is 27.0 Å². The summed E-state index contributed by atoms with van der Waals surface area (Å²) in [6.07, 6.45) is 4.37. The highest BCUT2D eigenvalue weighted by atomic mass is 16.1. The number of anilines is 1. The molecule has 1 amide bonds. The Morgan fingerprint density at radius 3 is 2.52 bits per heavy atom. The Hall–Kier alpha value is -2.62. The molecule has 2 rings (SSSR count). The molecule has 1 aromatic heterocycles. The van der Waals surface area contributed by atoms with E-state index in [4.69, 9.17) is 0 Å². The number of nitrogens with one attached hydrogen (secondary N) is 2. The number of nitrogens with zero attached hydrogens (tertiary/aromatic N) is 1. The second kappa shape index (κ2) is 6.70. The number of rotatable bonds is 5. The van der Waals surface area contributed by atoms with Crippen molar-refractivity contribution in [1.82, 2.24) is 10.3 Å². The lowest BCUT2D eigenvalue weighted by Gasteiger charge is -2.11. The highest BCUT2D eigenvalue weighted by Crippen LogP contribution is 2.21. The Kier molecular flexibility index (Phi) is 4.72. The van der Waals surface area contributed by atoms with Crippen LogP contribution in [-0.2, 0) is 6.42 Å². The van der Waals surface area contributed by atoms with E-state index in [9.17, 15) is 4.79 Å². The molecule has 4 nitrogen and oxygen atoms in total. The Labute approximate surface area is 124 Å². The molecule has 0 saturated heterocycles. The predicted molar refractivity (Wildman–Crippen MR) is 86.5 cm³/mol. The van der Waals surface area contributed by atoms with Gasteiger partial charge in [-0.15, -0.1) is 0 Å². The van der Waals surface area contributed by atoms with E-state index in [1.54, 1.807) is 13.2 Å². The van der Waals surface area contributed by atoms with Gasteiger partial charge in [0.15, 0.2) is 0 Å². The molecule has 1 heterocycles. The van der Waals surface area contributed by atoms with Crippen molar-refractivity contribution >= 4 is 17.8 Å². The van der Waals surface area contributed by atoms with Crippen LogP contribution < -0.4 is 10.6 Å². The van der Waals surface area contributed by atoms with E-state index in [-0.39, 0.29) is 5.91 Å². The molecule has 21 heavy (non-hydrogen) atoms. The fourth-order valence-corrected chi connectivity index (χ4v) is 2.23. The van der Waals surface area contributed by atoms with Gasteiger partial charge in [0.25, 0.3) is 5.91 Å². The molecule has 4 heteroatoms. The molecular weight excluding hydrogens is 262 g/mol. The largest absolute Gasteiger partial charge is 0.373 e. The van der Waals surface area contributed by atoms with Gasteiger partial charge in [0, 0.05) is 31.4 Å². The molecule has 108 valence electrons. The zero-order chi connectivity index (χ0) is 15.2. The first-order valence-corrected chi connectivity index (χ1v) is 6.78. The third-order valence-electron chi connectivity index (χ3n) is 3.36. The number of hydrogen-bond acceptors (Lipinski definition) is 3. The first-order valence-electron chi connectivity index (χ1n) is 6.78. The van der Waals surface area contributed by atoms with Gasteiger partial charge in [-0.25, -0.2) is 4.98 Å². The first-order chi connectivity index (χ1) is 10.2. The van der Waals surface area contributed by atoms with Crippen LogP contribution in [0.2, 0.25) is 0 Å². The zero-order valence-corrected chi connectivity index (χ0v) is 12.3. The molecule has 0 unspecified atom stereocenters. The van der Waals surface area contributed by atoms with Crippen LogP contribution in [-0.4, -0.2) is 25.0 Å². The SMILES string of the molecule is C=Cc1c(Cc2ccc(C(=O)NC)cc2)ccnc1NC. The lowest BCUT2D eigenvalue weighted by Crippen LogP contribution is -2.17. The van der Waals surface area contributed by atoms with Crippen molar-refractivity contribution in [2.45, 2.75) is 6.42 Å². The Bertz CT molecular complexity index is 648. The summed E-state index contributed by atoms with van der Waals surface area (Å²) in [5, 5.41) is 5.68. The maximum absolute atomic E-state index is 11.5. The number of carbonyl (C=O) groups is 1. The van der Waals surface area contributed by atoms with Gasteiger partial charge < -0.3 is 10.6 Å². The van der Waals surface area contributed by atoms with Crippen molar-refractivity contribution in [2.75, 3.05) is 19.4 Å². The third kappa shape index (κ3) is 3.28. The molecule has 0 aliphatic rings. The summed E-state index contributed by atoms with van der Waals surface area (Å²) in [4.78, 5) is 15.8. The molecule has 0 bridgehead atoms. The number of hydrogen-bond donors (Lipinski definition) is 2. The van der Waals surface area contributed by atoms with Gasteiger partial charge >= 0.3 is 0 Å². The second-order valence-electron chi connectivity index (χ2n) is 4.64. The lowest BCUT2D eigenvalue weighted by atomic mass is 10.00. The van der Waals surface area contributed by atoms with E-state index < -0.39 is 0 Å². The third-order valence-corrected chi connectivity index (χ3v) is 3.36. The summed E-state index contributed by atoms with van der Waals surface area (Å²) in [7, 11) is 3.47. The van der Waals surface area contributed by atoms with Gasteiger partial charge in [0.1, 0.15) is 5.82 Å². The molecule has 0 radical (unpaired) electrons. The summed E-state index contributed by atoms with van der Waals surface area (Å²) in [6.45, 7) is 3.86. The maximum atomic E-state index is 11.5. The zero-order valence-electron chi connectivity index (χ0n) is 12.3. The fraction of sp³-hybridized carbons (Fsp3) is 0.176. The molecule has 0 atom stereocenters. The number of carbonyl (C=O) groups excluding carboxylic acids is 1. The molecule has 2 aromatic rings. The highest BCUT2D eigenvalue weighted by molar-refractivity contribution is 5.93. The van der Waals surface area contributed by atoms with Crippen LogP contribution in [0.3, 0.4) is 0 Å². The molecule has 1 aromatic carbocycles. The maximum Gasteiger partial charge on any atom is 0.251 e. The average Bonchev–Trinajstić information content (AvgIpc) is 2.54. The smallest absolute Gasteiger partial charge is 0.251 e. The van der Waals surface area contributed by atoms with E-state index in [0.29, 0.717) is 5.56 Å². The molecule has 2 N–H and O–H groups in total. The average molecular weight is 281 g/mol. The van der Waals surface area contributed by atoms with Gasteiger partial charge in [-0.3, -0.25) is 4.79 Å². The van der Waals surface area contributed by atoms with E-state index in [1.807, 2.05) is 43.5 Å². The van der Waals surface area contributed by atoms with Crippen LogP contribution >= 0.6 is 0 Å². The molecule has 0 spiro atoms. The lowest BCUT2D eigenvalue weighted by molar-refractivity contribution is 0.0963. The minimum atomic E-state index is -0.0743. The van der Waals surface area contributed by atoms with Crippen molar-refractivity contribution in [1.29, 1.82) is 0 Å². The van der Waals surface area contributed by atoms with Crippen LogP contribution in [0.4, 0.5) is 5.82 Å². The minimum Gasteiger partial charge on any atom is -0.373 e. The van der Waals surface area contributed by atoms with Gasteiger partial charge in [-0.2, -0.15) is 0 Å². The number of pyridine rings is 1. The van der Waals surface area contributed by atoms with Gasteiger partial charge in [-0.05, 0) is 35.7 Å². The summed E-state index contributed by atoms with van der Waals surface area (Å²) in [6, 6.07) is 9.60. The topological polar surface area (TPSA) is 54.0 Å². The summed E-state index contributed by atoms with van der Waals surface area (Å²) < 4.78 is 0. The summed E-state index contributed by atoms with van der Waals surface area (Å²) >= 11 is 0. The second-order valence-corrected chi connectivity index (χ2v) is 4.64. The van der Waals surface area contributed by atoms with Gasteiger partial charge in [-0.1, -0.05) is 24.8 Å². The molecule has 0 aliphatic heterocycles. The first kappa shape index (κ1) is 14.8. The van der Waals surface area contributed by atoms with E-state index in [2.05, 4.69) is 22.2 Å². The molecule has 0 aliphatic carbocycles. The van der Waals surface area contributed by atoms with Crippen molar-refractivity contribution in [2.24, 2.45) is 0 Å². The van der Waals surface area contributed by atoms with Crippen LogP contribution in [0.25, 0.3) is 6.08 Å². The van der Waals surface area contributed by atoms with Crippen molar-refractivity contribution in [3.05, 3.63) is 65.4 Å². The van der Waals surface area contributed by atoms with Crippen LogP contribution in [0.5, 0.6) is 0 Å². The number of benzene rings is 1.